The standard InChI is InChI=1S/C43H48N3/c1-7-45-38-27-17-15-25-36(38)42(3,4)40(45)29-19-24-35(30-41-43(5,6)37-26-16-18-28-39(37)46(41)8-2)44(31-33-20-11-9-12-21-33)32-34-22-13-10-14-23-34/h9-30H,7-8,31-32H2,1-6H3/q+1. The summed E-state index contributed by atoms with van der Waals surface area (Å²) >= 11 is 0. The van der Waals surface area contributed by atoms with E-state index in [9.17, 15) is 0 Å². The first kappa shape index (κ1) is 31.4. The van der Waals surface area contributed by atoms with Gasteiger partial charge in [-0.3, -0.25) is 0 Å². The lowest BCUT2D eigenvalue weighted by molar-refractivity contribution is -0.558. The summed E-state index contributed by atoms with van der Waals surface area (Å²) in [6.45, 7) is 17.4. The zero-order valence-electron chi connectivity index (χ0n) is 28.4. The van der Waals surface area contributed by atoms with Crippen LogP contribution in [-0.2, 0) is 23.9 Å². The predicted molar refractivity (Wildman–Crippen MR) is 196 cm³/mol. The summed E-state index contributed by atoms with van der Waals surface area (Å²) in [6, 6.07) is 39.5. The lowest BCUT2D eigenvalue weighted by atomic mass is 9.83. The molecule has 0 bridgehead atoms. The molecule has 2 aliphatic heterocycles. The third kappa shape index (κ3) is 5.87. The molecule has 4 aromatic rings. The van der Waals surface area contributed by atoms with Crippen LogP contribution in [0.3, 0.4) is 0 Å². The molecule has 4 aromatic carbocycles. The second-order valence-corrected chi connectivity index (χ2v) is 13.5. The van der Waals surface area contributed by atoms with Gasteiger partial charge < -0.3 is 9.80 Å². The van der Waals surface area contributed by atoms with E-state index in [0.717, 1.165) is 26.2 Å². The molecule has 2 aliphatic rings. The molecule has 3 heteroatoms. The van der Waals surface area contributed by atoms with E-state index < -0.39 is 0 Å². The van der Waals surface area contributed by atoms with Crippen LogP contribution in [0.15, 0.2) is 145 Å². The van der Waals surface area contributed by atoms with Gasteiger partial charge in [-0.05, 0) is 43.2 Å². The number of anilines is 2. The first-order valence-corrected chi connectivity index (χ1v) is 16.8. The first-order chi connectivity index (χ1) is 22.3. The van der Waals surface area contributed by atoms with Gasteiger partial charge in [0.2, 0.25) is 5.71 Å². The van der Waals surface area contributed by atoms with Gasteiger partial charge in [-0.15, -0.1) is 0 Å². The molecule has 46 heavy (non-hydrogen) atoms. The molecule has 0 fully saturated rings. The fraction of sp³-hybridized carbons (Fsp3) is 0.279. The molecule has 3 nitrogen and oxygen atoms in total. The highest BCUT2D eigenvalue weighted by Gasteiger charge is 2.40. The van der Waals surface area contributed by atoms with E-state index in [2.05, 4.69) is 189 Å². The van der Waals surface area contributed by atoms with Gasteiger partial charge in [0.1, 0.15) is 0 Å². The molecule has 0 unspecified atom stereocenters. The number of benzene rings is 4. The fourth-order valence-electron chi connectivity index (χ4n) is 7.39. The third-order valence-corrected chi connectivity index (χ3v) is 9.83. The summed E-state index contributed by atoms with van der Waals surface area (Å²) in [5.41, 5.74) is 11.7. The van der Waals surface area contributed by atoms with Crippen molar-refractivity contribution in [3.05, 3.63) is 167 Å². The Bertz CT molecular complexity index is 1760. The topological polar surface area (TPSA) is 9.49 Å². The summed E-state index contributed by atoms with van der Waals surface area (Å²) in [5.74, 6) is 0. The van der Waals surface area contributed by atoms with Gasteiger partial charge in [-0.25, -0.2) is 4.58 Å². The van der Waals surface area contributed by atoms with E-state index in [1.165, 1.54) is 50.7 Å². The number of hydrogen-bond acceptors (Lipinski definition) is 2. The molecule has 0 aromatic heterocycles. The Morgan fingerprint density at radius 2 is 1.02 bits per heavy atom. The molecule has 0 saturated carbocycles. The molecule has 0 radical (unpaired) electrons. The Kier molecular flexibility index (Phi) is 8.86. The Balaban J connectivity index is 1.52. The number of fused-ring (bicyclic) bond motifs is 2. The second-order valence-electron chi connectivity index (χ2n) is 13.5. The van der Waals surface area contributed by atoms with Crippen LogP contribution in [0.4, 0.5) is 11.4 Å². The Labute approximate surface area is 276 Å². The highest BCUT2D eigenvalue weighted by atomic mass is 15.2. The molecule has 6 rings (SSSR count). The predicted octanol–water partition coefficient (Wildman–Crippen LogP) is 9.80. The zero-order valence-corrected chi connectivity index (χ0v) is 28.4. The van der Waals surface area contributed by atoms with Crippen molar-refractivity contribution < 1.29 is 4.58 Å². The number of para-hydroxylation sites is 2. The van der Waals surface area contributed by atoms with Gasteiger partial charge in [0.25, 0.3) is 0 Å². The van der Waals surface area contributed by atoms with Crippen molar-refractivity contribution in [1.29, 1.82) is 0 Å². The molecule has 0 aliphatic carbocycles. The quantitative estimate of drug-likeness (QED) is 0.139. The zero-order chi connectivity index (χ0) is 32.3. The van der Waals surface area contributed by atoms with Crippen molar-refractivity contribution in [3.63, 3.8) is 0 Å². The van der Waals surface area contributed by atoms with Crippen LogP contribution in [0.2, 0.25) is 0 Å². The van der Waals surface area contributed by atoms with E-state index in [1.54, 1.807) is 0 Å². The summed E-state index contributed by atoms with van der Waals surface area (Å²) in [5, 5.41) is 0. The van der Waals surface area contributed by atoms with Gasteiger partial charge in [0, 0.05) is 70.0 Å². The third-order valence-electron chi connectivity index (χ3n) is 9.83. The van der Waals surface area contributed by atoms with Crippen molar-refractivity contribution in [2.75, 3.05) is 22.9 Å². The van der Waals surface area contributed by atoms with Crippen LogP contribution >= 0.6 is 0 Å². The van der Waals surface area contributed by atoms with Crippen LogP contribution in [0.25, 0.3) is 0 Å². The van der Waals surface area contributed by atoms with Gasteiger partial charge in [0.15, 0.2) is 13.1 Å². The summed E-state index contributed by atoms with van der Waals surface area (Å²) in [4.78, 5) is 4.97. The van der Waals surface area contributed by atoms with Crippen molar-refractivity contribution >= 4 is 17.1 Å². The number of likely N-dealkylation sites (N-methyl/N-ethyl adjacent to an activating group) is 2. The first-order valence-electron chi connectivity index (χ1n) is 16.8. The minimum Gasteiger partial charge on any atom is -0.344 e. The molecular weight excluding hydrogens is 558 g/mol. The monoisotopic (exact) mass is 606 g/mol. The molecular formula is C43H48N3+. The molecule has 0 atom stereocenters. The summed E-state index contributed by atoms with van der Waals surface area (Å²) < 4.78 is 2.53. The molecule has 0 amide bonds. The molecule has 0 N–H and O–H groups in total. The lowest BCUT2D eigenvalue weighted by Gasteiger charge is -2.26. The van der Waals surface area contributed by atoms with E-state index in [-0.39, 0.29) is 10.8 Å². The van der Waals surface area contributed by atoms with Gasteiger partial charge in [-0.2, -0.15) is 0 Å². The Morgan fingerprint density at radius 3 is 1.52 bits per heavy atom. The van der Waals surface area contributed by atoms with E-state index >= 15 is 0 Å². The summed E-state index contributed by atoms with van der Waals surface area (Å²) in [7, 11) is 0. The Morgan fingerprint density at radius 1 is 0.587 bits per heavy atom. The van der Waals surface area contributed by atoms with E-state index in [0.29, 0.717) is 0 Å². The lowest BCUT2D eigenvalue weighted by Crippen LogP contribution is -2.28. The van der Waals surface area contributed by atoms with Crippen molar-refractivity contribution in [3.8, 4) is 0 Å². The number of allylic oxidation sites excluding steroid dienone is 6. The second kappa shape index (κ2) is 13.0. The van der Waals surface area contributed by atoms with E-state index in [1.807, 2.05) is 0 Å². The minimum atomic E-state index is -0.122. The van der Waals surface area contributed by atoms with Crippen LogP contribution in [0.5, 0.6) is 0 Å². The highest BCUT2D eigenvalue weighted by Crippen LogP contribution is 2.48. The summed E-state index contributed by atoms with van der Waals surface area (Å²) in [6.07, 6.45) is 9.42. The molecule has 2 heterocycles. The number of rotatable bonds is 9. The van der Waals surface area contributed by atoms with Gasteiger partial charge in [0.05, 0.1) is 0 Å². The van der Waals surface area contributed by atoms with Crippen LogP contribution in [-0.4, -0.2) is 23.4 Å². The van der Waals surface area contributed by atoms with E-state index in [4.69, 9.17) is 0 Å². The number of nitrogens with zero attached hydrogens (tertiary/aromatic N) is 3. The average Bonchev–Trinajstić information content (AvgIpc) is 3.43. The maximum Gasteiger partial charge on any atom is 0.202 e. The van der Waals surface area contributed by atoms with Crippen molar-refractivity contribution in [2.24, 2.45) is 0 Å². The fourth-order valence-corrected chi connectivity index (χ4v) is 7.39. The van der Waals surface area contributed by atoms with Crippen molar-refractivity contribution in [1.82, 2.24) is 0 Å². The average molecular weight is 607 g/mol. The molecule has 234 valence electrons. The largest absolute Gasteiger partial charge is 0.344 e. The maximum absolute atomic E-state index is 2.53. The normalized spacial score (nSPS) is 18.0. The smallest absolute Gasteiger partial charge is 0.202 e. The highest BCUT2D eigenvalue weighted by molar-refractivity contribution is 6.02. The van der Waals surface area contributed by atoms with Crippen LogP contribution in [0.1, 0.15) is 63.8 Å². The van der Waals surface area contributed by atoms with Crippen LogP contribution in [0, 0.1) is 0 Å². The van der Waals surface area contributed by atoms with Crippen LogP contribution < -0.4 is 9.80 Å². The van der Waals surface area contributed by atoms with Gasteiger partial charge in [-0.1, -0.05) is 131 Å². The molecule has 0 spiro atoms. The SMILES string of the molecule is CCN1C(=CC(/C=C/C=C2/N(CC)c3ccccc3C2(C)C)=[N+](Cc2ccccc2)Cc2ccccc2)C(C)(C)c2ccccc21. The van der Waals surface area contributed by atoms with Crippen molar-refractivity contribution in [2.45, 2.75) is 65.5 Å². The Hall–Kier alpha value is -4.63. The number of hydrogen-bond donors (Lipinski definition) is 0. The molecule has 0 saturated heterocycles. The maximum atomic E-state index is 2.53. The minimum absolute atomic E-state index is 0.0720. The van der Waals surface area contributed by atoms with Gasteiger partial charge >= 0.3 is 0 Å².